The first kappa shape index (κ1) is 24.1. The molecule has 174 valence electrons. The van der Waals surface area contributed by atoms with Crippen LogP contribution >= 0.6 is 7.52 Å². The smallest absolute Gasteiger partial charge is 0.345 e. The summed E-state index contributed by atoms with van der Waals surface area (Å²) in [5.41, 5.74) is 4.98. The largest absolute Gasteiger partial charge is 0.366 e. The number of anilines is 1. The highest BCUT2D eigenvalue weighted by Crippen LogP contribution is 2.48. The van der Waals surface area contributed by atoms with Gasteiger partial charge in [-0.05, 0) is 35.4 Å². The lowest BCUT2D eigenvalue weighted by molar-refractivity contribution is -0.132. The summed E-state index contributed by atoms with van der Waals surface area (Å²) >= 11 is 0. The van der Waals surface area contributed by atoms with Gasteiger partial charge in [0.2, 0.25) is 11.8 Å². The van der Waals surface area contributed by atoms with Gasteiger partial charge in [0.05, 0.1) is 17.0 Å². The minimum Gasteiger partial charge on any atom is -0.366 e. The van der Waals surface area contributed by atoms with Crippen molar-refractivity contribution in [3.63, 3.8) is 0 Å². The molecule has 2 aliphatic rings. The highest BCUT2D eigenvalue weighted by atomic mass is 31.2. The van der Waals surface area contributed by atoms with Gasteiger partial charge in [0.1, 0.15) is 5.84 Å². The Balaban J connectivity index is 2.01. The second kappa shape index (κ2) is 7.81. The van der Waals surface area contributed by atoms with Gasteiger partial charge in [0.25, 0.3) is 0 Å². The van der Waals surface area contributed by atoms with Crippen molar-refractivity contribution in [2.24, 2.45) is 27.2 Å². The summed E-state index contributed by atoms with van der Waals surface area (Å²) < 4.78 is 16.9. The van der Waals surface area contributed by atoms with Crippen molar-refractivity contribution < 1.29 is 23.8 Å². The number of rotatable bonds is 4. The average molecular weight is 462 g/mol. The zero-order valence-corrected chi connectivity index (χ0v) is 20.2. The molecular formula is C22H31N4O5P. The van der Waals surface area contributed by atoms with Crippen molar-refractivity contribution in [1.29, 1.82) is 0 Å². The van der Waals surface area contributed by atoms with E-state index >= 15 is 0 Å². The van der Waals surface area contributed by atoms with Crippen LogP contribution < -0.4 is 16.4 Å². The fourth-order valence-electron chi connectivity index (χ4n) is 4.09. The molecule has 2 heterocycles. The number of ketones is 1. The number of hydrogen-bond donors (Lipinski definition) is 3. The Labute approximate surface area is 188 Å². The molecule has 0 spiro atoms. The Hall–Kier alpha value is -2.51. The summed E-state index contributed by atoms with van der Waals surface area (Å²) in [6.07, 6.45) is 0.697. The van der Waals surface area contributed by atoms with Crippen molar-refractivity contribution in [2.75, 3.05) is 11.9 Å². The van der Waals surface area contributed by atoms with Gasteiger partial charge < -0.3 is 20.8 Å². The molecule has 4 N–H and O–H groups in total. The first-order valence-electron chi connectivity index (χ1n) is 10.5. The van der Waals surface area contributed by atoms with Crippen LogP contribution in [0.5, 0.6) is 0 Å². The van der Waals surface area contributed by atoms with E-state index in [1.54, 1.807) is 4.90 Å². The number of carbonyl (C=O) groups excluding carboxylic acids is 3. The van der Waals surface area contributed by atoms with Gasteiger partial charge in [-0.3, -0.25) is 18.9 Å². The molecule has 1 aromatic rings. The van der Waals surface area contributed by atoms with Gasteiger partial charge in [-0.1, -0.05) is 41.5 Å². The van der Waals surface area contributed by atoms with Crippen LogP contribution in [-0.4, -0.2) is 45.8 Å². The van der Waals surface area contributed by atoms with Crippen molar-refractivity contribution in [3.8, 4) is 0 Å². The van der Waals surface area contributed by atoms with Gasteiger partial charge in [-0.2, -0.15) is 4.76 Å². The van der Waals surface area contributed by atoms with Crippen LogP contribution in [-0.2, 0) is 14.2 Å². The molecule has 32 heavy (non-hydrogen) atoms. The molecule has 2 unspecified atom stereocenters. The number of fused-ring (bicyclic) bond motifs is 1. The first-order valence-corrected chi connectivity index (χ1v) is 12.1. The Morgan fingerprint density at radius 1 is 1.22 bits per heavy atom. The Kier molecular flexibility index (Phi) is 5.89. The molecule has 2 amide bonds. The number of benzene rings is 1. The van der Waals surface area contributed by atoms with Crippen LogP contribution in [0, 0.1) is 16.7 Å². The lowest BCUT2D eigenvalue weighted by atomic mass is 9.82. The van der Waals surface area contributed by atoms with E-state index in [0.29, 0.717) is 13.0 Å². The van der Waals surface area contributed by atoms with Gasteiger partial charge in [0, 0.05) is 12.1 Å². The highest BCUT2D eigenvalue weighted by molar-refractivity contribution is 7.65. The number of Topliss-reactive ketones (excluding diaryl/α,β-unsaturated/α-hetero) is 1. The van der Waals surface area contributed by atoms with Crippen LogP contribution in [0.4, 0.5) is 5.69 Å². The molecule has 3 rings (SSSR count). The zero-order valence-electron chi connectivity index (χ0n) is 19.3. The maximum absolute atomic E-state index is 13.4. The third kappa shape index (κ3) is 4.50. The van der Waals surface area contributed by atoms with Crippen LogP contribution in [0.15, 0.2) is 23.0 Å². The van der Waals surface area contributed by atoms with E-state index in [1.807, 2.05) is 20.8 Å². The SMILES string of the molecule is CC(C)(C)CCN1C(=O)C(C2=NP(=O)(O)c3cc(C(N)=O)ccc3N2)C(=O)[C@@H]1C(C)(C)C. The standard InChI is InChI=1S/C22H31N4O5P/c1-21(2,3)9-10-26-17(22(4,5)6)16(27)15(20(26)29)19-24-13-8-7-12(18(23)28)11-14(13)32(30,31)25-19/h7-8,11,15,17H,9-10H2,1-6H3,(H2,23,28)(H2,24,25,30,31)/t15?,17-/m1/s1. The quantitative estimate of drug-likeness (QED) is 0.463. The van der Waals surface area contributed by atoms with Crippen molar-refractivity contribution in [2.45, 2.75) is 54.0 Å². The molecule has 9 nitrogen and oxygen atoms in total. The number of amidine groups is 1. The van der Waals surface area contributed by atoms with E-state index < -0.39 is 36.7 Å². The van der Waals surface area contributed by atoms with E-state index in [0.717, 1.165) is 0 Å². The third-order valence-corrected chi connectivity index (χ3v) is 7.18. The third-order valence-electron chi connectivity index (χ3n) is 5.69. The van der Waals surface area contributed by atoms with Gasteiger partial charge in [-0.25, -0.2) is 0 Å². The number of nitrogens with two attached hydrogens (primary N) is 1. The minimum absolute atomic E-state index is 0.0394. The molecule has 1 fully saturated rings. The normalized spacial score (nSPS) is 26.0. The minimum atomic E-state index is -4.33. The maximum Gasteiger partial charge on any atom is 0.345 e. The number of nitrogens with zero attached hydrogens (tertiary/aromatic N) is 2. The molecule has 2 aliphatic heterocycles. The van der Waals surface area contributed by atoms with Gasteiger partial charge in [0.15, 0.2) is 11.7 Å². The summed E-state index contributed by atoms with van der Waals surface area (Å²) in [5, 5.41) is 2.79. The lowest BCUT2D eigenvalue weighted by Crippen LogP contribution is -2.45. The maximum atomic E-state index is 13.4. The zero-order chi connectivity index (χ0) is 24.2. The number of likely N-dealkylation sites (tertiary alicyclic amines) is 1. The Morgan fingerprint density at radius 2 is 1.84 bits per heavy atom. The summed E-state index contributed by atoms with van der Waals surface area (Å²) in [5.74, 6) is -2.95. The molecule has 0 saturated carbocycles. The molecule has 0 bridgehead atoms. The molecule has 10 heteroatoms. The average Bonchev–Trinajstić information content (AvgIpc) is 2.88. The Morgan fingerprint density at radius 3 is 2.38 bits per heavy atom. The van der Waals surface area contributed by atoms with E-state index in [-0.39, 0.29) is 33.6 Å². The monoisotopic (exact) mass is 462 g/mol. The topological polar surface area (TPSA) is 142 Å². The van der Waals surface area contributed by atoms with Crippen molar-refractivity contribution >= 4 is 41.9 Å². The fraction of sp³-hybridized carbons (Fsp3) is 0.545. The summed E-state index contributed by atoms with van der Waals surface area (Å²) in [4.78, 5) is 50.5. The Bertz CT molecular complexity index is 1070. The summed E-state index contributed by atoms with van der Waals surface area (Å²) in [7, 11) is -4.33. The molecule has 0 radical (unpaired) electrons. The molecule has 1 aromatic carbocycles. The van der Waals surface area contributed by atoms with Crippen LogP contribution in [0.3, 0.4) is 0 Å². The number of hydrogen-bond acceptors (Lipinski definition) is 5. The van der Waals surface area contributed by atoms with Crippen LogP contribution in [0.25, 0.3) is 0 Å². The summed E-state index contributed by atoms with van der Waals surface area (Å²) in [6.45, 7) is 12.3. The van der Waals surface area contributed by atoms with E-state index in [1.165, 1.54) is 18.2 Å². The van der Waals surface area contributed by atoms with E-state index in [2.05, 4.69) is 30.9 Å². The number of primary amides is 1. The highest BCUT2D eigenvalue weighted by Gasteiger charge is 2.54. The molecular weight excluding hydrogens is 431 g/mol. The predicted molar refractivity (Wildman–Crippen MR) is 123 cm³/mol. The van der Waals surface area contributed by atoms with Crippen LogP contribution in [0.1, 0.15) is 58.3 Å². The number of carbonyl (C=O) groups is 3. The van der Waals surface area contributed by atoms with E-state index in [4.69, 9.17) is 5.73 Å². The second-order valence-corrected chi connectivity index (χ2v) is 12.5. The number of amides is 2. The van der Waals surface area contributed by atoms with Gasteiger partial charge in [-0.15, -0.1) is 0 Å². The summed E-state index contributed by atoms with van der Waals surface area (Å²) in [6, 6.07) is 3.36. The van der Waals surface area contributed by atoms with Gasteiger partial charge >= 0.3 is 7.52 Å². The van der Waals surface area contributed by atoms with Crippen LogP contribution in [0.2, 0.25) is 0 Å². The van der Waals surface area contributed by atoms with Crippen molar-refractivity contribution in [1.82, 2.24) is 4.90 Å². The molecule has 1 saturated heterocycles. The molecule has 0 aliphatic carbocycles. The lowest BCUT2D eigenvalue weighted by Gasteiger charge is -2.35. The predicted octanol–water partition coefficient (Wildman–Crippen LogP) is 2.30. The van der Waals surface area contributed by atoms with E-state index in [9.17, 15) is 23.8 Å². The molecule has 3 atom stereocenters. The van der Waals surface area contributed by atoms with Crippen molar-refractivity contribution in [3.05, 3.63) is 23.8 Å². The first-order chi connectivity index (χ1) is 14.5. The second-order valence-electron chi connectivity index (χ2n) is 10.7. The molecule has 0 aromatic heterocycles. The fourth-order valence-corrected chi connectivity index (χ4v) is 5.41. The number of nitrogens with one attached hydrogen (secondary N) is 1.